The molecule has 1 aromatic rings. The summed E-state index contributed by atoms with van der Waals surface area (Å²) in [6, 6.07) is 9.26. The van der Waals surface area contributed by atoms with E-state index in [0.717, 1.165) is 67.4 Å². The monoisotopic (exact) mass is 497 g/mol. The number of halogens is 1. The van der Waals surface area contributed by atoms with Crippen molar-refractivity contribution in [2.75, 3.05) is 46.0 Å². The molecular formula is C24H36INO2. The zero-order valence-corrected chi connectivity index (χ0v) is 19.5. The first-order valence-electron chi connectivity index (χ1n) is 11.3. The Kier molecular flexibility index (Phi) is 6.30. The van der Waals surface area contributed by atoms with Crippen LogP contribution in [0.3, 0.4) is 0 Å². The van der Waals surface area contributed by atoms with Gasteiger partial charge in [-0.3, -0.25) is 0 Å². The third kappa shape index (κ3) is 3.98. The number of ether oxygens (including phenoxy) is 2. The van der Waals surface area contributed by atoms with Crippen LogP contribution < -0.4 is 28.7 Å². The third-order valence-electron chi connectivity index (χ3n) is 8.43. The van der Waals surface area contributed by atoms with E-state index >= 15 is 0 Å². The number of likely N-dealkylation sites (N-methyl/N-ethyl adjacent to an activating group) is 1. The van der Waals surface area contributed by atoms with Crippen molar-refractivity contribution >= 4 is 0 Å². The number of nitrogens with zero attached hydrogens (tertiary/aromatic N) is 1. The lowest BCUT2D eigenvalue weighted by atomic mass is 9.48. The lowest BCUT2D eigenvalue weighted by molar-refractivity contribution is -0.933. The van der Waals surface area contributed by atoms with Crippen LogP contribution in [-0.4, -0.2) is 50.5 Å². The second-order valence-electron chi connectivity index (χ2n) is 10.0. The van der Waals surface area contributed by atoms with Crippen LogP contribution in [0.5, 0.6) is 5.75 Å². The summed E-state index contributed by atoms with van der Waals surface area (Å²) in [5.74, 6) is 4.07. The first-order valence-corrected chi connectivity index (χ1v) is 11.3. The standard InChI is InChI=1S/C24H36NO2.HI/c1-2-25(7-10-26-11-8-25)9-12-27-23-5-3-22(4-6-23)24-16-19-13-20(17-24)15-21(14-19)18-24;/h3-6,19-21H,2,7-18H2,1H3;1H/q+1;/p-1. The maximum absolute atomic E-state index is 6.15. The van der Waals surface area contributed by atoms with E-state index in [1.807, 2.05) is 0 Å². The van der Waals surface area contributed by atoms with Crippen molar-refractivity contribution in [3.8, 4) is 5.75 Å². The van der Waals surface area contributed by atoms with E-state index in [2.05, 4.69) is 31.2 Å². The van der Waals surface area contributed by atoms with Crippen molar-refractivity contribution in [1.29, 1.82) is 0 Å². The summed E-state index contributed by atoms with van der Waals surface area (Å²) in [5.41, 5.74) is 2.10. The molecule has 156 valence electrons. The highest BCUT2D eigenvalue weighted by Gasteiger charge is 2.51. The summed E-state index contributed by atoms with van der Waals surface area (Å²) in [4.78, 5) is 0. The van der Waals surface area contributed by atoms with Crippen molar-refractivity contribution in [3.63, 3.8) is 0 Å². The Morgan fingerprint density at radius 1 is 0.964 bits per heavy atom. The van der Waals surface area contributed by atoms with Gasteiger partial charge in [0.25, 0.3) is 0 Å². The minimum absolute atomic E-state index is 0. The molecule has 1 aliphatic heterocycles. The summed E-state index contributed by atoms with van der Waals surface area (Å²) in [6.45, 7) is 9.43. The van der Waals surface area contributed by atoms with Crippen molar-refractivity contribution < 1.29 is 37.9 Å². The summed E-state index contributed by atoms with van der Waals surface area (Å²) < 4.78 is 12.8. The molecule has 4 aliphatic carbocycles. The minimum Gasteiger partial charge on any atom is -1.00 e. The van der Waals surface area contributed by atoms with E-state index in [4.69, 9.17) is 9.47 Å². The van der Waals surface area contributed by atoms with E-state index < -0.39 is 0 Å². The van der Waals surface area contributed by atoms with Gasteiger partial charge in [0.1, 0.15) is 32.0 Å². The number of morpholine rings is 1. The van der Waals surface area contributed by atoms with Gasteiger partial charge >= 0.3 is 0 Å². The molecule has 0 atom stereocenters. The van der Waals surface area contributed by atoms with Gasteiger partial charge in [0.15, 0.2) is 0 Å². The molecule has 5 aliphatic rings. The molecule has 0 spiro atoms. The summed E-state index contributed by atoms with van der Waals surface area (Å²) >= 11 is 0. The first kappa shape index (κ1) is 20.9. The van der Waals surface area contributed by atoms with Crippen LogP contribution in [0, 0.1) is 17.8 Å². The van der Waals surface area contributed by atoms with Gasteiger partial charge in [-0.15, -0.1) is 0 Å². The van der Waals surface area contributed by atoms with Crippen LogP contribution in [0.4, 0.5) is 0 Å². The highest BCUT2D eigenvalue weighted by Crippen LogP contribution is 2.60. The van der Waals surface area contributed by atoms with Crippen LogP contribution in [0.2, 0.25) is 0 Å². The Bertz CT molecular complexity index is 618. The highest BCUT2D eigenvalue weighted by molar-refractivity contribution is 5.34. The molecule has 4 bridgehead atoms. The maximum atomic E-state index is 6.15. The van der Waals surface area contributed by atoms with Crippen LogP contribution in [-0.2, 0) is 10.2 Å². The van der Waals surface area contributed by atoms with E-state index in [1.165, 1.54) is 45.1 Å². The number of benzene rings is 1. The van der Waals surface area contributed by atoms with Gasteiger partial charge in [-0.25, -0.2) is 0 Å². The lowest BCUT2D eigenvalue weighted by Gasteiger charge is -2.57. The number of rotatable bonds is 6. The summed E-state index contributed by atoms with van der Waals surface area (Å²) in [6.07, 6.45) is 8.88. The molecule has 4 heteroatoms. The van der Waals surface area contributed by atoms with Crippen LogP contribution in [0.25, 0.3) is 0 Å². The zero-order chi connectivity index (χ0) is 18.3. The summed E-state index contributed by atoms with van der Waals surface area (Å²) in [7, 11) is 0. The Balaban J connectivity index is 0.00000192. The smallest absolute Gasteiger partial charge is 0.137 e. The molecule has 0 amide bonds. The lowest BCUT2D eigenvalue weighted by Crippen LogP contribution is -3.00. The fraction of sp³-hybridized carbons (Fsp3) is 0.750. The second-order valence-corrected chi connectivity index (χ2v) is 10.0. The van der Waals surface area contributed by atoms with Crippen molar-refractivity contribution in [2.24, 2.45) is 17.8 Å². The topological polar surface area (TPSA) is 18.5 Å². The van der Waals surface area contributed by atoms with Gasteiger partial charge < -0.3 is 37.9 Å². The average Bonchev–Trinajstić information content (AvgIpc) is 2.68. The summed E-state index contributed by atoms with van der Waals surface area (Å²) in [5, 5.41) is 0. The minimum atomic E-state index is 0. The normalized spacial score (nSPS) is 35.4. The van der Waals surface area contributed by atoms with E-state index in [0.29, 0.717) is 5.41 Å². The van der Waals surface area contributed by atoms with E-state index in [9.17, 15) is 0 Å². The van der Waals surface area contributed by atoms with Gasteiger partial charge in [-0.05, 0) is 86.3 Å². The predicted octanol–water partition coefficient (Wildman–Crippen LogP) is 1.40. The Morgan fingerprint density at radius 2 is 1.54 bits per heavy atom. The molecule has 1 heterocycles. The van der Waals surface area contributed by atoms with Gasteiger partial charge in [-0.2, -0.15) is 0 Å². The molecule has 0 N–H and O–H groups in total. The number of hydrogen-bond acceptors (Lipinski definition) is 2. The van der Waals surface area contributed by atoms with Crippen LogP contribution >= 0.6 is 0 Å². The SMILES string of the molecule is CC[N+]1(CCOc2ccc(C34CC5CC(CC(C5)C3)C4)cc2)CCOCC1.[I-]. The molecule has 0 radical (unpaired) electrons. The zero-order valence-electron chi connectivity index (χ0n) is 17.4. The number of quaternary nitrogens is 1. The molecule has 0 aromatic heterocycles. The fourth-order valence-corrected chi connectivity index (χ4v) is 7.15. The van der Waals surface area contributed by atoms with E-state index in [1.54, 1.807) is 5.56 Å². The Hall–Kier alpha value is -0.330. The molecule has 5 fully saturated rings. The second kappa shape index (κ2) is 8.43. The van der Waals surface area contributed by atoms with Gasteiger partial charge in [0.2, 0.25) is 0 Å². The van der Waals surface area contributed by atoms with Gasteiger partial charge in [0, 0.05) is 0 Å². The molecule has 1 saturated heterocycles. The van der Waals surface area contributed by atoms with Crippen molar-refractivity contribution in [2.45, 2.75) is 50.9 Å². The largest absolute Gasteiger partial charge is 1.00 e. The quantitative estimate of drug-likeness (QED) is 0.437. The maximum Gasteiger partial charge on any atom is 0.137 e. The van der Waals surface area contributed by atoms with Crippen LogP contribution in [0.1, 0.15) is 51.0 Å². The molecule has 6 rings (SSSR count). The molecule has 28 heavy (non-hydrogen) atoms. The van der Waals surface area contributed by atoms with Gasteiger partial charge in [0.05, 0.1) is 19.8 Å². The van der Waals surface area contributed by atoms with Gasteiger partial charge in [-0.1, -0.05) is 12.1 Å². The highest BCUT2D eigenvalue weighted by atomic mass is 127. The van der Waals surface area contributed by atoms with Crippen molar-refractivity contribution in [3.05, 3.63) is 29.8 Å². The van der Waals surface area contributed by atoms with E-state index in [-0.39, 0.29) is 24.0 Å². The molecule has 3 nitrogen and oxygen atoms in total. The molecule has 1 aromatic carbocycles. The Morgan fingerprint density at radius 3 is 2.07 bits per heavy atom. The fourth-order valence-electron chi connectivity index (χ4n) is 7.15. The Labute approximate surface area is 187 Å². The first-order chi connectivity index (χ1) is 13.2. The number of hydrogen-bond donors (Lipinski definition) is 0. The molecule has 4 saturated carbocycles. The average molecular weight is 497 g/mol. The van der Waals surface area contributed by atoms with Crippen LogP contribution in [0.15, 0.2) is 24.3 Å². The molecule has 0 unspecified atom stereocenters. The molecular weight excluding hydrogens is 461 g/mol. The third-order valence-corrected chi connectivity index (χ3v) is 8.43. The predicted molar refractivity (Wildman–Crippen MR) is 108 cm³/mol. The van der Waals surface area contributed by atoms with Crippen molar-refractivity contribution in [1.82, 2.24) is 0 Å².